The van der Waals surface area contributed by atoms with Crippen molar-refractivity contribution < 1.29 is 14.7 Å². The maximum absolute atomic E-state index is 11.5. The summed E-state index contributed by atoms with van der Waals surface area (Å²) in [6.07, 6.45) is 1.43. The molecule has 0 aliphatic heterocycles. The van der Waals surface area contributed by atoms with Crippen molar-refractivity contribution >= 4 is 23.6 Å². The van der Waals surface area contributed by atoms with Gasteiger partial charge in [0.25, 0.3) is 0 Å². The van der Waals surface area contributed by atoms with Gasteiger partial charge in [0.05, 0.1) is 5.25 Å². The number of thioether (sulfide) groups is 1. The number of nitrogens with zero attached hydrogens (tertiary/aromatic N) is 1. The minimum Gasteiger partial charge on any atom is -0.477 e. The van der Waals surface area contributed by atoms with Crippen LogP contribution in [0.5, 0.6) is 0 Å². The number of hydrogen-bond acceptors (Lipinski definition) is 4. The Kier molecular flexibility index (Phi) is 4.96. The number of amides is 1. The Labute approximate surface area is 104 Å². The van der Waals surface area contributed by atoms with E-state index < -0.39 is 5.97 Å². The summed E-state index contributed by atoms with van der Waals surface area (Å²) in [6.45, 7) is 4.21. The van der Waals surface area contributed by atoms with Crippen LogP contribution < -0.4 is 5.32 Å². The molecule has 1 atom stereocenters. The molecule has 0 fully saturated rings. The Balaban J connectivity index is 2.71. The summed E-state index contributed by atoms with van der Waals surface area (Å²) in [6, 6.07) is 3.15. The monoisotopic (exact) mass is 254 g/mol. The first-order chi connectivity index (χ1) is 8.04. The van der Waals surface area contributed by atoms with Gasteiger partial charge in [-0.3, -0.25) is 4.79 Å². The first kappa shape index (κ1) is 13.5. The summed E-state index contributed by atoms with van der Waals surface area (Å²) in [4.78, 5) is 26.7. The van der Waals surface area contributed by atoms with E-state index in [1.165, 1.54) is 24.0 Å². The molecule has 1 rings (SSSR count). The van der Waals surface area contributed by atoms with E-state index in [9.17, 15) is 9.59 Å². The molecule has 17 heavy (non-hydrogen) atoms. The van der Waals surface area contributed by atoms with Crippen LogP contribution in [0.3, 0.4) is 0 Å². The fraction of sp³-hybridized carbons (Fsp3) is 0.364. The van der Waals surface area contributed by atoms with Gasteiger partial charge in [-0.05, 0) is 26.0 Å². The third kappa shape index (κ3) is 4.07. The second kappa shape index (κ2) is 6.24. The molecule has 0 aliphatic carbocycles. The molecule has 0 radical (unpaired) electrons. The molecule has 0 bridgehead atoms. The third-order valence-corrected chi connectivity index (χ3v) is 3.08. The molecule has 1 aromatic rings. The number of aromatic carboxylic acids is 1. The highest BCUT2D eigenvalue weighted by molar-refractivity contribution is 8.00. The van der Waals surface area contributed by atoms with Crippen LogP contribution in [0.4, 0.5) is 0 Å². The van der Waals surface area contributed by atoms with Crippen molar-refractivity contribution in [1.82, 2.24) is 10.3 Å². The van der Waals surface area contributed by atoms with E-state index in [0.29, 0.717) is 6.54 Å². The number of aromatic nitrogens is 1. The highest BCUT2D eigenvalue weighted by Gasteiger charge is 2.14. The smallest absolute Gasteiger partial charge is 0.354 e. The van der Waals surface area contributed by atoms with Gasteiger partial charge >= 0.3 is 5.97 Å². The summed E-state index contributed by atoms with van der Waals surface area (Å²) in [7, 11) is 0. The summed E-state index contributed by atoms with van der Waals surface area (Å²) in [5, 5.41) is 11.2. The van der Waals surface area contributed by atoms with Crippen LogP contribution in [-0.4, -0.2) is 33.8 Å². The Morgan fingerprint density at radius 2 is 2.29 bits per heavy atom. The molecule has 0 saturated carbocycles. The topological polar surface area (TPSA) is 79.3 Å². The van der Waals surface area contributed by atoms with Gasteiger partial charge in [0.15, 0.2) is 0 Å². The van der Waals surface area contributed by atoms with Crippen LogP contribution in [0, 0.1) is 0 Å². The van der Waals surface area contributed by atoms with E-state index in [0.717, 1.165) is 4.90 Å². The molecule has 1 unspecified atom stereocenters. The highest BCUT2D eigenvalue weighted by Crippen LogP contribution is 2.23. The second-order valence-corrected chi connectivity index (χ2v) is 4.75. The largest absolute Gasteiger partial charge is 0.477 e. The van der Waals surface area contributed by atoms with E-state index in [-0.39, 0.29) is 16.9 Å². The van der Waals surface area contributed by atoms with Gasteiger partial charge in [0.2, 0.25) is 5.91 Å². The normalized spacial score (nSPS) is 11.9. The standard InChI is InChI=1S/C11H14N2O3S/c1-3-12-10(14)7(2)17-8-4-5-13-9(6-8)11(15)16/h4-7H,3H2,1-2H3,(H,12,14)(H,15,16). The third-order valence-electron chi connectivity index (χ3n) is 1.98. The number of carboxylic acid groups (broad SMARTS) is 1. The maximum Gasteiger partial charge on any atom is 0.354 e. The number of carbonyl (C=O) groups is 2. The Bertz CT molecular complexity index is 423. The molecular weight excluding hydrogens is 240 g/mol. The zero-order chi connectivity index (χ0) is 12.8. The summed E-state index contributed by atoms with van der Waals surface area (Å²) >= 11 is 1.31. The summed E-state index contributed by atoms with van der Waals surface area (Å²) < 4.78 is 0. The van der Waals surface area contributed by atoms with Gasteiger partial charge in [-0.1, -0.05) is 0 Å². The van der Waals surface area contributed by atoms with Crippen molar-refractivity contribution in [3.8, 4) is 0 Å². The van der Waals surface area contributed by atoms with Crippen molar-refractivity contribution in [3.63, 3.8) is 0 Å². The predicted octanol–water partition coefficient (Wildman–Crippen LogP) is 1.40. The lowest BCUT2D eigenvalue weighted by Gasteiger charge is -2.10. The number of carboxylic acids is 1. The molecule has 0 aliphatic rings. The minimum atomic E-state index is -1.07. The Morgan fingerprint density at radius 1 is 1.59 bits per heavy atom. The Morgan fingerprint density at radius 3 is 2.88 bits per heavy atom. The SMILES string of the molecule is CCNC(=O)C(C)Sc1ccnc(C(=O)O)c1. The zero-order valence-electron chi connectivity index (χ0n) is 9.64. The number of carbonyl (C=O) groups excluding carboxylic acids is 1. The average molecular weight is 254 g/mol. The van der Waals surface area contributed by atoms with Gasteiger partial charge in [-0.2, -0.15) is 0 Å². The maximum atomic E-state index is 11.5. The zero-order valence-corrected chi connectivity index (χ0v) is 10.5. The van der Waals surface area contributed by atoms with E-state index in [4.69, 9.17) is 5.11 Å². The molecule has 92 valence electrons. The first-order valence-corrected chi connectivity index (χ1v) is 6.06. The predicted molar refractivity (Wildman–Crippen MR) is 65.2 cm³/mol. The first-order valence-electron chi connectivity index (χ1n) is 5.18. The van der Waals surface area contributed by atoms with Gasteiger partial charge in [0.1, 0.15) is 5.69 Å². The lowest BCUT2D eigenvalue weighted by atomic mass is 10.3. The van der Waals surface area contributed by atoms with Gasteiger partial charge in [0, 0.05) is 17.6 Å². The van der Waals surface area contributed by atoms with Crippen molar-refractivity contribution in [2.24, 2.45) is 0 Å². The molecule has 2 N–H and O–H groups in total. The van der Waals surface area contributed by atoms with Crippen LogP contribution in [0.25, 0.3) is 0 Å². The fourth-order valence-electron chi connectivity index (χ4n) is 1.18. The van der Waals surface area contributed by atoms with E-state index in [1.807, 2.05) is 6.92 Å². The molecule has 0 saturated heterocycles. The van der Waals surface area contributed by atoms with Crippen LogP contribution >= 0.6 is 11.8 Å². The molecule has 1 aromatic heterocycles. The summed E-state index contributed by atoms with van der Waals surface area (Å²) in [5.41, 5.74) is -0.0156. The average Bonchev–Trinajstić information content (AvgIpc) is 2.29. The Hall–Kier alpha value is -1.56. The number of nitrogens with one attached hydrogen (secondary N) is 1. The fourth-order valence-corrected chi connectivity index (χ4v) is 2.09. The van der Waals surface area contributed by atoms with Crippen molar-refractivity contribution in [2.75, 3.05) is 6.54 Å². The highest BCUT2D eigenvalue weighted by atomic mass is 32.2. The van der Waals surface area contributed by atoms with E-state index >= 15 is 0 Å². The second-order valence-electron chi connectivity index (χ2n) is 3.34. The molecule has 1 amide bonds. The van der Waals surface area contributed by atoms with E-state index in [2.05, 4.69) is 10.3 Å². The molecule has 5 nitrogen and oxygen atoms in total. The molecule has 0 aromatic carbocycles. The van der Waals surface area contributed by atoms with Gasteiger partial charge < -0.3 is 10.4 Å². The lowest BCUT2D eigenvalue weighted by molar-refractivity contribution is -0.120. The molecule has 1 heterocycles. The summed E-state index contributed by atoms with van der Waals surface area (Å²) in [5.74, 6) is -1.13. The van der Waals surface area contributed by atoms with Crippen LogP contribution in [-0.2, 0) is 4.79 Å². The molecule has 6 heteroatoms. The lowest BCUT2D eigenvalue weighted by Crippen LogP contribution is -2.30. The molecule has 0 spiro atoms. The quantitative estimate of drug-likeness (QED) is 0.776. The minimum absolute atomic E-state index is 0.0156. The van der Waals surface area contributed by atoms with Crippen molar-refractivity contribution in [1.29, 1.82) is 0 Å². The van der Waals surface area contributed by atoms with Gasteiger partial charge in [-0.15, -0.1) is 11.8 Å². The number of rotatable bonds is 5. The molecular formula is C11H14N2O3S. The van der Waals surface area contributed by atoms with Crippen LogP contribution in [0.1, 0.15) is 24.3 Å². The van der Waals surface area contributed by atoms with Crippen molar-refractivity contribution in [3.05, 3.63) is 24.0 Å². The van der Waals surface area contributed by atoms with Crippen LogP contribution in [0.2, 0.25) is 0 Å². The number of pyridine rings is 1. The van der Waals surface area contributed by atoms with Crippen LogP contribution in [0.15, 0.2) is 23.2 Å². The van der Waals surface area contributed by atoms with Crippen molar-refractivity contribution in [2.45, 2.75) is 24.0 Å². The van der Waals surface area contributed by atoms with E-state index in [1.54, 1.807) is 13.0 Å². The number of hydrogen-bond donors (Lipinski definition) is 2. The van der Waals surface area contributed by atoms with Gasteiger partial charge in [-0.25, -0.2) is 9.78 Å².